The fourth-order valence-corrected chi connectivity index (χ4v) is 3.82. The molecule has 1 aromatic rings. The fraction of sp³-hybridized carbons (Fsp3) is 0.647. The van der Waals surface area contributed by atoms with Crippen molar-refractivity contribution in [3.8, 4) is 0 Å². The number of likely N-dealkylation sites (N-methyl/N-ethyl adjacent to an activating group) is 1. The summed E-state index contributed by atoms with van der Waals surface area (Å²) >= 11 is 0. The third-order valence-electron chi connectivity index (χ3n) is 5.16. The molecule has 2 unspecified atom stereocenters. The van der Waals surface area contributed by atoms with Gasteiger partial charge in [0, 0.05) is 44.4 Å². The van der Waals surface area contributed by atoms with Crippen LogP contribution in [0.25, 0.3) is 0 Å². The van der Waals surface area contributed by atoms with Crippen molar-refractivity contribution in [2.24, 2.45) is 5.92 Å². The molecule has 6 nitrogen and oxygen atoms in total. The van der Waals surface area contributed by atoms with Gasteiger partial charge in [-0.25, -0.2) is 0 Å². The van der Waals surface area contributed by atoms with E-state index in [9.17, 15) is 10.1 Å². The van der Waals surface area contributed by atoms with Crippen LogP contribution in [-0.4, -0.2) is 61.0 Å². The maximum Gasteiger partial charge on any atom is 0.269 e. The summed E-state index contributed by atoms with van der Waals surface area (Å²) in [5, 5.41) is 14.4. The summed E-state index contributed by atoms with van der Waals surface area (Å²) in [5.41, 5.74) is 1.39. The fourth-order valence-electron chi connectivity index (χ4n) is 3.82. The zero-order valence-electron chi connectivity index (χ0n) is 13.8. The average Bonchev–Trinajstić information content (AvgIpc) is 2.58. The molecule has 0 saturated carbocycles. The highest BCUT2D eigenvalue weighted by Crippen LogP contribution is 2.34. The molecule has 0 amide bonds. The summed E-state index contributed by atoms with van der Waals surface area (Å²) in [6, 6.07) is 7.56. The first-order chi connectivity index (χ1) is 11.1. The highest BCUT2D eigenvalue weighted by atomic mass is 16.6. The van der Waals surface area contributed by atoms with Gasteiger partial charge in [0.15, 0.2) is 0 Å². The predicted octanol–water partition coefficient (Wildman–Crippen LogP) is 1.88. The minimum Gasteiger partial charge on any atom is -0.316 e. The number of rotatable bonds is 4. The Morgan fingerprint density at radius 2 is 1.91 bits per heavy atom. The van der Waals surface area contributed by atoms with E-state index < -0.39 is 0 Å². The van der Waals surface area contributed by atoms with Gasteiger partial charge in [-0.1, -0.05) is 12.1 Å². The Labute approximate surface area is 137 Å². The molecule has 2 aliphatic rings. The second-order valence-corrected chi connectivity index (χ2v) is 6.74. The van der Waals surface area contributed by atoms with Gasteiger partial charge in [-0.2, -0.15) is 0 Å². The summed E-state index contributed by atoms with van der Waals surface area (Å²) in [5.74, 6) is 0.577. The van der Waals surface area contributed by atoms with E-state index in [4.69, 9.17) is 0 Å². The number of nitro benzene ring substituents is 1. The van der Waals surface area contributed by atoms with Crippen LogP contribution < -0.4 is 5.32 Å². The molecule has 0 radical (unpaired) electrons. The summed E-state index contributed by atoms with van der Waals surface area (Å²) in [7, 11) is 2.17. The number of nitrogens with zero attached hydrogens (tertiary/aromatic N) is 3. The van der Waals surface area contributed by atoms with E-state index in [2.05, 4.69) is 22.2 Å². The summed E-state index contributed by atoms with van der Waals surface area (Å²) in [4.78, 5) is 15.5. The van der Waals surface area contributed by atoms with Crippen LogP contribution in [0.15, 0.2) is 24.3 Å². The van der Waals surface area contributed by atoms with Crippen molar-refractivity contribution in [3.63, 3.8) is 0 Å². The molecule has 0 aliphatic carbocycles. The lowest BCUT2D eigenvalue weighted by atomic mass is 9.85. The van der Waals surface area contributed by atoms with Gasteiger partial charge in [0.1, 0.15) is 0 Å². The topological polar surface area (TPSA) is 61.7 Å². The predicted molar refractivity (Wildman–Crippen MR) is 90.5 cm³/mol. The van der Waals surface area contributed by atoms with Gasteiger partial charge in [0.2, 0.25) is 0 Å². The van der Waals surface area contributed by atoms with Gasteiger partial charge in [-0.05, 0) is 44.5 Å². The Bertz CT molecular complexity index is 520. The minimum absolute atomic E-state index is 0.174. The largest absolute Gasteiger partial charge is 0.316 e. The van der Waals surface area contributed by atoms with Crippen molar-refractivity contribution in [3.05, 3.63) is 39.9 Å². The molecule has 0 spiro atoms. The second-order valence-electron chi connectivity index (χ2n) is 6.74. The molecular weight excluding hydrogens is 292 g/mol. The van der Waals surface area contributed by atoms with Crippen molar-refractivity contribution in [2.75, 3.05) is 46.3 Å². The van der Waals surface area contributed by atoms with Crippen molar-refractivity contribution in [1.82, 2.24) is 15.1 Å². The minimum atomic E-state index is -0.323. The molecule has 0 bridgehead atoms. The number of non-ortho nitro benzene ring substituents is 1. The van der Waals surface area contributed by atoms with Gasteiger partial charge in [-0.3, -0.25) is 15.0 Å². The van der Waals surface area contributed by atoms with Crippen LogP contribution in [0.1, 0.15) is 24.4 Å². The van der Waals surface area contributed by atoms with E-state index >= 15 is 0 Å². The van der Waals surface area contributed by atoms with E-state index in [0.29, 0.717) is 12.0 Å². The van der Waals surface area contributed by atoms with Crippen molar-refractivity contribution in [1.29, 1.82) is 0 Å². The molecule has 2 atom stereocenters. The molecule has 6 heteroatoms. The maximum atomic E-state index is 10.9. The molecule has 1 N–H and O–H groups in total. The van der Waals surface area contributed by atoms with E-state index in [1.165, 1.54) is 18.4 Å². The Morgan fingerprint density at radius 1 is 1.22 bits per heavy atom. The number of benzene rings is 1. The van der Waals surface area contributed by atoms with Crippen LogP contribution in [0.3, 0.4) is 0 Å². The van der Waals surface area contributed by atoms with Gasteiger partial charge in [0.25, 0.3) is 5.69 Å². The van der Waals surface area contributed by atoms with Gasteiger partial charge >= 0.3 is 0 Å². The molecule has 2 saturated heterocycles. The first-order valence-electron chi connectivity index (χ1n) is 8.53. The number of nitro groups is 1. The third kappa shape index (κ3) is 3.88. The molecule has 23 heavy (non-hydrogen) atoms. The van der Waals surface area contributed by atoms with Gasteiger partial charge in [-0.15, -0.1) is 0 Å². The summed E-state index contributed by atoms with van der Waals surface area (Å²) < 4.78 is 0. The molecule has 0 aromatic heterocycles. The number of hydrogen-bond donors (Lipinski definition) is 1. The van der Waals surface area contributed by atoms with Crippen LogP contribution in [0, 0.1) is 16.0 Å². The molecule has 1 aromatic carbocycles. The highest BCUT2D eigenvalue weighted by molar-refractivity contribution is 5.34. The summed E-state index contributed by atoms with van der Waals surface area (Å²) in [6.45, 7) is 6.44. The zero-order valence-corrected chi connectivity index (χ0v) is 13.8. The van der Waals surface area contributed by atoms with E-state index in [0.717, 1.165) is 39.3 Å². The molecule has 3 rings (SSSR count). The van der Waals surface area contributed by atoms with Crippen LogP contribution >= 0.6 is 0 Å². The monoisotopic (exact) mass is 318 g/mol. The molecule has 2 aliphatic heterocycles. The Kier molecular flexibility index (Phi) is 5.25. The molecule has 126 valence electrons. The standard InChI is InChI=1S/C17H26N4O2/c1-19-9-11-20(12-10-19)17(15-3-2-8-18-13-15)14-4-6-16(7-5-14)21(22)23/h4-7,15,17-18H,2-3,8-13H2,1H3. The number of piperazine rings is 1. The molecule has 2 heterocycles. The summed E-state index contributed by atoms with van der Waals surface area (Å²) in [6.07, 6.45) is 2.43. The number of piperidine rings is 1. The number of nitrogens with one attached hydrogen (secondary N) is 1. The highest BCUT2D eigenvalue weighted by Gasteiger charge is 2.31. The lowest BCUT2D eigenvalue weighted by Crippen LogP contribution is -2.49. The van der Waals surface area contributed by atoms with Crippen LogP contribution in [0.4, 0.5) is 5.69 Å². The van der Waals surface area contributed by atoms with Crippen molar-refractivity contribution in [2.45, 2.75) is 18.9 Å². The molecule has 2 fully saturated rings. The first-order valence-corrected chi connectivity index (χ1v) is 8.53. The normalized spacial score (nSPS) is 25.2. The lowest BCUT2D eigenvalue weighted by Gasteiger charge is -2.43. The Hall–Kier alpha value is -1.50. The Morgan fingerprint density at radius 3 is 2.48 bits per heavy atom. The molecular formula is C17H26N4O2. The maximum absolute atomic E-state index is 10.9. The SMILES string of the molecule is CN1CCN(C(c2ccc([N+](=O)[O-])cc2)C2CCCNC2)CC1. The van der Waals surface area contributed by atoms with Crippen molar-refractivity contribution >= 4 is 5.69 Å². The second kappa shape index (κ2) is 7.38. The zero-order chi connectivity index (χ0) is 16.2. The quantitative estimate of drug-likeness (QED) is 0.678. The van der Waals surface area contributed by atoms with Gasteiger partial charge < -0.3 is 10.2 Å². The average molecular weight is 318 g/mol. The number of hydrogen-bond acceptors (Lipinski definition) is 5. The van der Waals surface area contributed by atoms with E-state index in [1.807, 2.05) is 12.1 Å². The lowest BCUT2D eigenvalue weighted by molar-refractivity contribution is -0.384. The first kappa shape index (κ1) is 16.4. The third-order valence-corrected chi connectivity index (χ3v) is 5.16. The smallest absolute Gasteiger partial charge is 0.269 e. The van der Waals surface area contributed by atoms with E-state index in [1.54, 1.807) is 12.1 Å². The van der Waals surface area contributed by atoms with Crippen LogP contribution in [-0.2, 0) is 0 Å². The van der Waals surface area contributed by atoms with Gasteiger partial charge in [0.05, 0.1) is 4.92 Å². The van der Waals surface area contributed by atoms with Crippen LogP contribution in [0.2, 0.25) is 0 Å². The van der Waals surface area contributed by atoms with Crippen molar-refractivity contribution < 1.29 is 4.92 Å². The van der Waals surface area contributed by atoms with E-state index in [-0.39, 0.29) is 10.6 Å². The Balaban J connectivity index is 1.82. The van der Waals surface area contributed by atoms with Crippen LogP contribution in [0.5, 0.6) is 0 Å².